The molecule has 1 N–H and O–H groups in total. The maximum atomic E-state index is 13.0. The van der Waals surface area contributed by atoms with Crippen molar-refractivity contribution in [1.29, 1.82) is 0 Å². The lowest BCUT2D eigenvalue weighted by Gasteiger charge is -2.45. The van der Waals surface area contributed by atoms with Crippen LogP contribution in [0.1, 0.15) is 81.4 Å². The van der Waals surface area contributed by atoms with Crippen LogP contribution < -0.4 is 5.63 Å². The molecule has 0 unspecified atom stereocenters. The van der Waals surface area contributed by atoms with Gasteiger partial charge in [0.05, 0.1) is 12.2 Å². The first-order valence-corrected chi connectivity index (χ1v) is 14.3. The number of methoxy groups -OCH3 is 1. The minimum absolute atomic E-state index is 0.200. The Morgan fingerprint density at radius 1 is 1.11 bits per heavy atom. The van der Waals surface area contributed by atoms with Crippen LogP contribution in [0.4, 0.5) is 0 Å². The Hall–Kier alpha value is -1.89. The van der Waals surface area contributed by atoms with Gasteiger partial charge in [0, 0.05) is 43.7 Å². The molecule has 2 aliphatic heterocycles. The predicted octanol–water partition coefficient (Wildman–Crippen LogP) is 5.64. The molecule has 3 heterocycles. The van der Waals surface area contributed by atoms with Crippen LogP contribution in [-0.4, -0.2) is 60.8 Å². The number of phenols is 1. The Kier molecular flexibility index (Phi) is 9.86. The predicted molar refractivity (Wildman–Crippen MR) is 146 cm³/mol. The smallest absolute Gasteiger partial charge is 0.339 e. The molecule has 6 heteroatoms. The van der Waals surface area contributed by atoms with E-state index in [0.29, 0.717) is 30.7 Å². The average Bonchev–Trinajstić information content (AvgIpc) is 2.88. The molecule has 2 fully saturated rings. The van der Waals surface area contributed by atoms with Gasteiger partial charge in [0.15, 0.2) is 0 Å². The van der Waals surface area contributed by atoms with E-state index >= 15 is 0 Å². The third-order valence-electron chi connectivity index (χ3n) is 8.53. The van der Waals surface area contributed by atoms with E-state index in [4.69, 9.17) is 9.15 Å². The first-order valence-electron chi connectivity index (χ1n) is 14.3. The molecule has 0 amide bonds. The first kappa shape index (κ1) is 27.2. The summed E-state index contributed by atoms with van der Waals surface area (Å²) in [6, 6.07) is 4.33. The summed E-state index contributed by atoms with van der Waals surface area (Å²) in [5, 5.41) is 11.8. The van der Waals surface area contributed by atoms with Crippen LogP contribution in [0, 0.1) is 12.8 Å². The van der Waals surface area contributed by atoms with Crippen molar-refractivity contribution in [3.8, 4) is 5.75 Å². The number of unbranched alkanes of at least 4 members (excludes halogenated alkanes) is 3. The molecule has 0 bridgehead atoms. The van der Waals surface area contributed by atoms with Gasteiger partial charge in [-0.3, -0.25) is 4.90 Å². The molecule has 1 aromatic heterocycles. The number of nitrogens with zero attached hydrogens (tertiary/aromatic N) is 2. The molecule has 6 nitrogen and oxygen atoms in total. The van der Waals surface area contributed by atoms with Crippen molar-refractivity contribution in [2.75, 3.05) is 39.9 Å². The number of hydrogen-bond acceptors (Lipinski definition) is 6. The number of fused-ring (bicyclic) bond motifs is 2. The van der Waals surface area contributed by atoms with Crippen LogP contribution >= 0.6 is 0 Å². The van der Waals surface area contributed by atoms with Gasteiger partial charge in [-0.25, -0.2) is 4.79 Å². The Morgan fingerprint density at radius 3 is 2.75 bits per heavy atom. The summed E-state index contributed by atoms with van der Waals surface area (Å²) in [4.78, 5) is 18.1. The van der Waals surface area contributed by atoms with Gasteiger partial charge in [-0.05, 0) is 82.2 Å². The van der Waals surface area contributed by atoms with E-state index in [1.807, 2.05) is 13.0 Å². The molecule has 2 aliphatic rings. The third-order valence-corrected chi connectivity index (χ3v) is 8.53. The molecule has 0 radical (unpaired) electrons. The fourth-order valence-corrected chi connectivity index (χ4v) is 6.47. The molecular formula is C30H46N2O4. The molecule has 0 aliphatic carbocycles. The summed E-state index contributed by atoms with van der Waals surface area (Å²) in [6.45, 7) is 9.62. The van der Waals surface area contributed by atoms with Crippen molar-refractivity contribution < 1.29 is 14.3 Å². The zero-order chi connectivity index (χ0) is 25.5. The molecule has 0 spiro atoms. The highest BCUT2D eigenvalue weighted by atomic mass is 16.5. The van der Waals surface area contributed by atoms with Crippen molar-refractivity contribution in [2.45, 2.75) is 90.6 Å². The van der Waals surface area contributed by atoms with Crippen LogP contribution in [0.15, 0.2) is 21.3 Å². The van der Waals surface area contributed by atoms with Gasteiger partial charge in [0.1, 0.15) is 11.3 Å². The van der Waals surface area contributed by atoms with Crippen molar-refractivity contribution >= 4 is 11.0 Å². The van der Waals surface area contributed by atoms with Crippen LogP contribution in [-0.2, 0) is 17.7 Å². The van der Waals surface area contributed by atoms with Crippen LogP contribution in [0.25, 0.3) is 11.0 Å². The van der Waals surface area contributed by atoms with Gasteiger partial charge < -0.3 is 19.2 Å². The highest BCUT2D eigenvalue weighted by Crippen LogP contribution is 2.34. The normalized spacial score (nSPS) is 20.8. The zero-order valence-electron chi connectivity index (χ0n) is 22.7. The Labute approximate surface area is 216 Å². The summed E-state index contributed by atoms with van der Waals surface area (Å²) in [7, 11) is 1.74. The van der Waals surface area contributed by atoms with Crippen LogP contribution in [0.2, 0.25) is 0 Å². The van der Waals surface area contributed by atoms with E-state index in [1.54, 1.807) is 13.2 Å². The SMILES string of the molecule is CCCCCCc1c(C)c2ccc(O)c(CN(CCOC)C[C@@H]3CCCN4CCCC[C@H]34)c2oc1=O. The van der Waals surface area contributed by atoms with E-state index in [-0.39, 0.29) is 11.4 Å². The molecule has 2 atom stereocenters. The first-order chi connectivity index (χ1) is 17.5. The standard InChI is InChI=1S/C30H46N2O4/c1-4-5-6-7-12-25-22(2)24-14-15-28(33)26(29(24)36-30(25)34)21-31(18-19-35-3)20-23-11-10-17-32-16-9-8-13-27(23)32/h14-15,23,27,33H,4-13,16-21H2,1-3H3/t23-,27+/m0/s1. The van der Waals surface area contributed by atoms with E-state index in [2.05, 4.69) is 16.7 Å². The lowest BCUT2D eigenvalue weighted by Crippen LogP contribution is -2.51. The molecular weight excluding hydrogens is 452 g/mol. The maximum absolute atomic E-state index is 13.0. The Balaban J connectivity index is 1.59. The molecule has 1 aromatic carbocycles. The van der Waals surface area contributed by atoms with Crippen LogP contribution in [0.3, 0.4) is 0 Å². The number of aryl methyl sites for hydroxylation is 1. The summed E-state index contributed by atoms with van der Waals surface area (Å²) in [6.07, 6.45) is 11.7. The Morgan fingerprint density at radius 2 is 1.94 bits per heavy atom. The van der Waals surface area contributed by atoms with E-state index in [1.165, 1.54) is 58.0 Å². The van der Waals surface area contributed by atoms with Gasteiger partial charge in [0.2, 0.25) is 0 Å². The molecule has 2 aromatic rings. The number of benzene rings is 1. The highest BCUT2D eigenvalue weighted by molar-refractivity contribution is 5.85. The number of aromatic hydroxyl groups is 1. The van der Waals surface area contributed by atoms with Crippen molar-refractivity contribution in [3.05, 3.63) is 39.2 Å². The molecule has 2 saturated heterocycles. The van der Waals surface area contributed by atoms with E-state index in [0.717, 1.165) is 54.4 Å². The van der Waals surface area contributed by atoms with Crippen molar-refractivity contribution in [3.63, 3.8) is 0 Å². The van der Waals surface area contributed by atoms with E-state index < -0.39 is 0 Å². The topological polar surface area (TPSA) is 66.2 Å². The molecule has 4 rings (SSSR count). The van der Waals surface area contributed by atoms with Gasteiger partial charge in [-0.1, -0.05) is 32.6 Å². The maximum Gasteiger partial charge on any atom is 0.339 e. The number of ether oxygens (including phenoxy) is 1. The fraction of sp³-hybridized carbons (Fsp3) is 0.700. The minimum atomic E-state index is -0.253. The van der Waals surface area contributed by atoms with Crippen molar-refractivity contribution in [1.82, 2.24) is 9.80 Å². The van der Waals surface area contributed by atoms with Gasteiger partial charge in [0.25, 0.3) is 0 Å². The lowest BCUT2D eigenvalue weighted by atomic mass is 9.83. The number of rotatable bonds is 12. The molecule has 36 heavy (non-hydrogen) atoms. The Bertz CT molecular complexity index is 1050. The quantitative estimate of drug-likeness (QED) is 0.302. The molecule has 200 valence electrons. The number of hydrogen-bond donors (Lipinski definition) is 1. The summed E-state index contributed by atoms with van der Waals surface area (Å²) >= 11 is 0. The van der Waals surface area contributed by atoms with E-state index in [9.17, 15) is 9.90 Å². The zero-order valence-corrected chi connectivity index (χ0v) is 22.7. The largest absolute Gasteiger partial charge is 0.507 e. The van der Waals surface area contributed by atoms with Crippen molar-refractivity contribution in [2.24, 2.45) is 5.92 Å². The third kappa shape index (κ3) is 6.32. The summed E-state index contributed by atoms with van der Waals surface area (Å²) < 4.78 is 11.4. The summed E-state index contributed by atoms with van der Waals surface area (Å²) in [5.41, 5.74) is 2.79. The van der Waals surface area contributed by atoms with Gasteiger partial charge in [-0.2, -0.15) is 0 Å². The second-order valence-corrected chi connectivity index (χ2v) is 11.0. The fourth-order valence-electron chi connectivity index (χ4n) is 6.47. The summed E-state index contributed by atoms with van der Waals surface area (Å²) in [5.74, 6) is 0.822. The second-order valence-electron chi connectivity index (χ2n) is 11.0. The average molecular weight is 499 g/mol. The number of phenolic OH excluding ortho intramolecular Hbond substituents is 1. The van der Waals surface area contributed by atoms with Gasteiger partial charge >= 0.3 is 5.63 Å². The highest BCUT2D eigenvalue weighted by Gasteiger charge is 2.34. The monoisotopic (exact) mass is 498 g/mol. The number of piperidine rings is 2. The lowest BCUT2D eigenvalue weighted by molar-refractivity contribution is 0.0335. The second kappa shape index (κ2) is 13.1. The minimum Gasteiger partial charge on any atom is -0.507 e. The van der Waals surface area contributed by atoms with Gasteiger partial charge in [-0.15, -0.1) is 0 Å². The van der Waals surface area contributed by atoms with Crippen LogP contribution in [0.5, 0.6) is 5.75 Å². The molecule has 0 saturated carbocycles.